The molecule has 0 fully saturated rings. The maximum atomic E-state index is 13.0. The number of primary amides is 1. The predicted octanol–water partition coefficient (Wildman–Crippen LogP) is 1.98. The molecule has 2 aromatic rings. The molecule has 140 valence electrons. The number of sulfonamides is 1. The number of para-hydroxylation sites is 1. The number of carbonyl (C=O) groups is 2. The summed E-state index contributed by atoms with van der Waals surface area (Å²) in [6.45, 7) is 2.46. The van der Waals surface area contributed by atoms with E-state index in [1.54, 1.807) is 36.1 Å². The largest absolute Gasteiger partial charge is 0.366 e. The molecule has 2 aliphatic rings. The molecule has 2 aromatic carbocycles. The number of rotatable bonds is 4. The molecule has 27 heavy (non-hydrogen) atoms. The fourth-order valence-corrected chi connectivity index (χ4v) is 4.98. The third-order valence-corrected chi connectivity index (χ3v) is 6.48. The van der Waals surface area contributed by atoms with Gasteiger partial charge in [0.25, 0.3) is 15.9 Å². The van der Waals surface area contributed by atoms with E-state index >= 15 is 0 Å². The highest BCUT2D eigenvalue weighted by Crippen LogP contribution is 2.44. The lowest BCUT2D eigenvalue weighted by atomic mass is 9.97. The summed E-state index contributed by atoms with van der Waals surface area (Å²) >= 11 is 0. The zero-order chi connectivity index (χ0) is 19.3. The quantitative estimate of drug-likeness (QED) is 0.838. The van der Waals surface area contributed by atoms with Gasteiger partial charge in [0, 0.05) is 6.54 Å². The van der Waals surface area contributed by atoms with Crippen LogP contribution >= 0.6 is 0 Å². The first-order chi connectivity index (χ1) is 12.8. The highest BCUT2D eigenvalue weighted by Gasteiger charge is 2.38. The van der Waals surface area contributed by atoms with Crippen molar-refractivity contribution in [2.45, 2.75) is 30.6 Å². The second kappa shape index (κ2) is 6.09. The number of nitrogens with one attached hydrogen (secondary N) is 1. The Labute approximate surface area is 157 Å². The molecule has 8 heteroatoms. The van der Waals surface area contributed by atoms with Gasteiger partial charge in [-0.15, -0.1) is 0 Å². The minimum atomic E-state index is -3.95. The lowest BCUT2D eigenvalue weighted by molar-refractivity contribution is -0.119. The highest BCUT2D eigenvalue weighted by molar-refractivity contribution is 7.92. The first-order valence-electron chi connectivity index (χ1n) is 8.69. The predicted molar refractivity (Wildman–Crippen MR) is 101 cm³/mol. The Hall–Kier alpha value is -2.87. The molecule has 0 bridgehead atoms. The summed E-state index contributed by atoms with van der Waals surface area (Å²) in [4.78, 5) is 25.9. The number of nitrogens with two attached hydrogens (primary N) is 1. The Balaban J connectivity index is 1.79. The smallest absolute Gasteiger partial charge is 0.261 e. The standard InChI is InChI=1S/C19H19N3O4S/c1-11-15-10-13(9-12-5-4-8-22(17(12)15)19(11)24)27(25,26)21-16-7-3-2-6-14(16)18(20)23/h2-3,6-7,9-11,21H,4-5,8H2,1H3,(H2,20,23)/t11-/m0/s1. The average Bonchev–Trinajstić information content (AvgIpc) is 2.88. The minimum Gasteiger partial charge on any atom is -0.366 e. The van der Waals surface area contributed by atoms with Crippen LogP contribution in [-0.4, -0.2) is 26.8 Å². The number of nitrogens with zero attached hydrogens (tertiary/aromatic N) is 1. The topological polar surface area (TPSA) is 110 Å². The molecule has 1 atom stereocenters. The van der Waals surface area contributed by atoms with Gasteiger partial charge >= 0.3 is 0 Å². The van der Waals surface area contributed by atoms with Crippen LogP contribution in [0.3, 0.4) is 0 Å². The monoisotopic (exact) mass is 385 g/mol. The van der Waals surface area contributed by atoms with Gasteiger partial charge in [-0.3, -0.25) is 14.3 Å². The van der Waals surface area contributed by atoms with Gasteiger partial charge in [-0.05, 0) is 55.2 Å². The molecule has 0 unspecified atom stereocenters. The molecule has 4 rings (SSSR count). The summed E-state index contributed by atoms with van der Waals surface area (Å²) in [7, 11) is -3.95. The summed E-state index contributed by atoms with van der Waals surface area (Å²) in [5.74, 6) is -1.08. The van der Waals surface area contributed by atoms with E-state index in [1.807, 2.05) is 0 Å². The van der Waals surface area contributed by atoms with Gasteiger partial charge in [0.05, 0.1) is 27.8 Å². The van der Waals surface area contributed by atoms with Crippen LogP contribution in [0, 0.1) is 0 Å². The van der Waals surface area contributed by atoms with E-state index in [9.17, 15) is 18.0 Å². The van der Waals surface area contributed by atoms with E-state index in [0.29, 0.717) is 6.54 Å². The van der Waals surface area contributed by atoms with Crippen molar-refractivity contribution in [1.29, 1.82) is 0 Å². The summed E-state index contributed by atoms with van der Waals surface area (Å²) in [6.07, 6.45) is 1.52. The van der Waals surface area contributed by atoms with Crippen molar-refractivity contribution in [3.63, 3.8) is 0 Å². The first-order valence-corrected chi connectivity index (χ1v) is 10.2. The van der Waals surface area contributed by atoms with Crippen molar-refractivity contribution in [2.75, 3.05) is 16.2 Å². The van der Waals surface area contributed by atoms with Crippen LogP contribution in [0.4, 0.5) is 11.4 Å². The second-order valence-corrected chi connectivity index (χ2v) is 8.53. The normalized spacial score (nSPS) is 18.3. The molecule has 0 aromatic heterocycles. The number of hydrogen-bond donors (Lipinski definition) is 2. The van der Waals surface area contributed by atoms with Crippen molar-refractivity contribution >= 4 is 33.2 Å². The third-order valence-electron chi connectivity index (χ3n) is 5.14. The fourth-order valence-electron chi connectivity index (χ4n) is 3.81. The van der Waals surface area contributed by atoms with Crippen LogP contribution < -0.4 is 15.4 Å². The highest BCUT2D eigenvalue weighted by atomic mass is 32.2. The molecule has 7 nitrogen and oxygen atoms in total. The van der Waals surface area contributed by atoms with Crippen LogP contribution in [0.5, 0.6) is 0 Å². The van der Waals surface area contributed by atoms with Gasteiger partial charge in [0.15, 0.2) is 0 Å². The Morgan fingerprint density at radius 1 is 1.26 bits per heavy atom. The number of amides is 2. The number of anilines is 2. The third kappa shape index (κ3) is 2.76. The zero-order valence-corrected chi connectivity index (χ0v) is 15.5. The number of aryl methyl sites for hydroxylation is 1. The Kier molecular flexibility index (Phi) is 3.96. The number of benzene rings is 2. The summed E-state index contributed by atoms with van der Waals surface area (Å²) in [6, 6.07) is 9.36. The Bertz CT molecular complexity index is 1080. The number of carbonyl (C=O) groups excluding carboxylic acids is 2. The molecule has 0 spiro atoms. The minimum absolute atomic E-state index is 0.00697. The lowest BCUT2D eigenvalue weighted by Gasteiger charge is -2.26. The molecule has 2 amide bonds. The van der Waals surface area contributed by atoms with Gasteiger partial charge in [-0.25, -0.2) is 8.42 Å². The molecule has 0 saturated heterocycles. The van der Waals surface area contributed by atoms with E-state index in [1.165, 1.54) is 12.1 Å². The van der Waals surface area contributed by atoms with Gasteiger partial charge in [0.2, 0.25) is 5.91 Å². The summed E-state index contributed by atoms with van der Waals surface area (Å²) in [5, 5.41) is 0. The van der Waals surface area contributed by atoms with Crippen LogP contribution in [0.25, 0.3) is 0 Å². The van der Waals surface area contributed by atoms with E-state index in [4.69, 9.17) is 5.73 Å². The van der Waals surface area contributed by atoms with Gasteiger partial charge in [-0.1, -0.05) is 12.1 Å². The van der Waals surface area contributed by atoms with Gasteiger partial charge in [-0.2, -0.15) is 0 Å². The summed E-state index contributed by atoms with van der Waals surface area (Å²) < 4.78 is 28.4. The van der Waals surface area contributed by atoms with E-state index in [2.05, 4.69) is 4.72 Å². The molecule has 0 aliphatic carbocycles. The van der Waals surface area contributed by atoms with Crippen LogP contribution in [-0.2, 0) is 21.2 Å². The fraction of sp³-hybridized carbons (Fsp3) is 0.263. The van der Waals surface area contributed by atoms with Crippen molar-refractivity contribution in [3.8, 4) is 0 Å². The van der Waals surface area contributed by atoms with Crippen molar-refractivity contribution < 1.29 is 18.0 Å². The van der Waals surface area contributed by atoms with Crippen LogP contribution in [0.1, 0.15) is 40.7 Å². The van der Waals surface area contributed by atoms with E-state index in [-0.39, 0.29) is 28.0 Å². The Morgan fingerprint density at radius 3 is 2.74 bits per heavy atom. The van der Waals surface area contributed by atoms with Crippen molar-refractivity contribution in [3.05, 3.63) is 53.1 Å². The first kappa shape index (κ1) is 17.5. The molecular weight excluding hydrogens is 366 g/mol. The number of hydrogen-bond acceptors (Lipinski definition) is 4. The van der Waals surface area contributed by atoms with E-state index in [0.717, 1.165) is 29.7 Å². The van der Waals surface area contributed by atoms with Crippen molar-refractivity contribution in [2.24, 2.45) is 5.73 Å². The zero-order valence-electron chi connectivity index (χ0n) is 14.7. The summed E-state index contributed by atoms with van der Waals surface area (Å²) in [5.41, 5.74) is 8.01. The molecule has 3 N–H and O–H groups in total. The van der Waals surface area contributed by atoms with E-state index < -0.39 is 15.9 Å². The SMILES string of the molecule is C[C@@H]1C(=O)N2CCCc3cc(S(=O)(=O)Nc4ccccc4C(N)=O)cc1c32. The second-order valence-electron chi connectivity index (χ2n) is 6.85. The molecule has 2 heterocycles. The maximum absolute atomic E-state index is 13.0. The van der Waals surface area contributed by atoms with Crippen LogP contribution in [0.2, 0.25) is 0 Å². The lowest BCUT2D eigenvalue weighted by Crippen LogP contribution is -2.32. The van der Waals surface area contributed by atoms with Crippen LogP contribution in [0.15, 0.2) is 41.3 Å². The molecular formula is C19H19N3O4S. The molecule has 0 radical (unpaired) electrons. The maximum Gasteiger partial charge on any atom is 0.261 e. The van der Waals surface area contributed by atoms with Gasteiger partial charge in [0.1, 0.15) is 0 Å². The van der Waals surface area contributed by atoms with Gasteiger partial charge < -0.3 is 10.6 Å². The Morgan fingerprint density at radius 2 is 2.00 bits per heavy atom. The van der Waals surface area contributed by atoms with Crippen molar-refractivity contribution in [1.82, 2.24) is 0 Å². The molecule has 2 aliphatic heterocycles. The molecule has 0 saturated carbocycles. The average molecular weight is 385 g/mol.